The SMILES string of the molecule is CC(NC(=O)C1(O)CC(O)C(O)C(NC(=O)c2ccc(F)c(Cl)c2)C1)C(N)=O. The lowest BCUT2D eigenvalue weighted by molar-refractivity contribution is -0.158. The van der Waals surface area contributed by atoms with Crippen molar-refractivity contribution in [2.24, 2.45) is 5.73 Å². The van der Waals surface area contributed by atoms with Gasteiger partial charge in [0.1, 0.15) is 23.6 Å². The molecule has 9 nitrogen and oxygen atoms in total. The smallest absolute Gasteiger partial charge is 0.252 e. The Labute approximate surface area is 164 Å². The number of halogens is 2. The Morgan fingerprint density at radius 1 is 1.32 bits per heavy atom. The minimum atomic E-state index is -2.17. The lowest BCUT2D eigenvalue weighted by atomic mass is 9.77. The number of benzene rings is 1. The van der Waals surface area contributed by atoms with Crippen molar-refractivity contribution in [3.05, 3.63) is 34.6 Å². The fraction of sp³-hybridized carbons (Fsp3) is 0.471. The van der Waals surface area contributed by atoms with E-state index in [1.54, 1.807) is 0 Å². The summed E-state index contributed by atoms with van der Waals surface area (Å²) in [5.74, 6) is -3.28. The highest BCUT2D eigenvalue weighted by atomic mass is 35.5. The Hall–Kier alpha value is -2.27. The Bertz CT molecular complexity index is 794. The molecule has 0 aliphatic heterocycles. The molecule has 5 atom stereocenters. The molecule has 7 N–H and O–H groups in total. The van der Waals surface area contributed by atoms with Gasteiger partial charge in [-0.2, -0.15) is 0 Å². The fourth-order valence-corrected chi connectivity index (χ4v) is 3.10. The molecule has 3 amide bonds. The van der Waals surface area contributed by atoms with Crippen LogP contribution in [0.2, 0.25) is 5.02 Å². The van der Waals surface area contributed by atoms with Gasteiger partial charge in [0.05, 0.1) is 17.2 Å². The molecule has 1 saturated carbocycles. The summed E-state index contributed by atoms with van der Waals surface area (Å²) >= 11 is 5.64. The average Bonchev–Trinajstić information content (AvgIpc) is 2.61. The number of carbonyl (C=O) groups excluding carboxylic acids is 3. The lowest BCUT2D eigenvalue weighted by Crippen LogP contribution is -2.64. The largest absolute Gasteiger partial charge is 0.390 e. The molecule has 2 rings (SSSR count). The van der Waals surface area contributed by atoms with E-state index in [-0.39, 0.29) is 10.6 Å². The van der Waals surface area contributed by atoms with Crippen LogP contribution >= 0.6 is 11.6 Å². The molecule has 154 valence electrons. The van der Waals surface area contributed by atoms with Crippen LogP contribution in [-0.4, -0.2) is 62.9 Å². The monoisotopic (exact) mass is 417 g/mol. The van der Waals surface area contributed by atoms with E-state index in [1.807, 2.05) is 0 Å². The Morgan fingerprint density at radius 2 is 1.96 bits per heavy atom. The number of nitrogens with one attached hydrogen (secondary N) is 2. The summed E-state index contributed by atoms with van der Waals surface area (Å²) in [5.41, 5.74) is 2.88. The molecule has 0 aromatic heterocycles. The van der Waals surface area contributed by atoms with E-state index < -0.39 is 66.3 Å². The minimum Gasteiger partial charge on any atom is -0.390 e. The van der Waals surface area contributed by atoms with Gasteiger partial charge in [-0.15, -0.1) is 0 Å². The maximum absolute atomic E-state index is 13.2. The van der Waals surface area contributed by atoms with Crippen LogP contribution in [0.25, 0.3) is 0 Å². The first-order valence-corrected chi connectivity index (χ1v) is 8.77. The topological polar surface area (TPSA) is 162 Å². The van der Waals surface area contributed by atoms with E-state index in [2.05, 4.69) is 10.6 Å². The van der Waals surface area contributed by atoms with Crippen LogP contribution in [0, 0.1) is 5.82 Å². The molecule has 1 aromatic rings. The van der Waals surface area contributed by atoms with Crippen LogP contribution in [0.4, 0.5) is 4.39 Å². The van der Waals surface area contributed by atoms with Gasteiger partial charge in [0.25, 0.3) is 11.8 Å². The van der Waals surface area contributed by atoms with Crippen LogP contribution < -0.4 is 16.4 Å². The van der Waals surface area contributed by atoms with Crippen molar-refractivity contribution < 1.29 is 34.1 Å². The second-order valence-electron chi connectivity index (χ2n) is 6.80. The molecule has 1 aliphatic carbocycles. The van der Waals surface area contributed by atoms with E-state index in [0.29, 0.717) is 0 Å². The van der Waals surface area contributed by atoms with Gasteiger partial charge in [-0.05, 0) is 25.1 Å². The first-order chi connectivity index (χ1) is 12.9. The number of aliphatic hydroxyl groups excluding tert-OH is 2. The number of hydrogen-bond acceptors (Lipinski definition) is 6. The molecule has 0 bridgehead atoms. The summed E-state index contributed by atoms with van der Waals surface area (Å²) in [4.78, 5) is 35.8. The van der Waals surface area contributed by atoms with E-state index in [1.165, 1.54) is 6.92 Å². The summed E-state index contributed by atoms with van der Waals surface area (Å²) in [6.07, 6.45) is -3.96. The van der Waals surface area contributed by atoms with Crippen molar-refractivity contribution in [1.82, 2.24) is 10.6 Å². The highest BCUT2D eigenvalue weighted by Gasteiger charge is 2.49. The molecule has 28 heavy (non-hydrogen) atoms. The van der Waals surface area contributed by atoms with Crippen LogP contribution in [0.5, 0.6) is 0 Å². The van der Waals surface area contributed by atoms with Crippen LogP contribution in [0.15, 0.2) is 18.2 Å². The second-order valence-corrected chi connectivity index (χ2v) is 7.21. The summed E-state index contributed by atoms with van der Waals surface area (Å²) in [6.45, 7) is 1.31. The van der Waals surface area contributed by atoms with Crippen molar-refractivity contribution >= 4 is 29.3 Å². The predicted octanol–water partition coefficient (Wildman–Crippen LogP) is -1.19. The van der Waals surface area contributed by atoms with Gasteiger partial charge in [0, 0.05) is 18.4 Å². The molecule has 0 saturated heterocycles. The highest BCUT2D eigenvalue weighted by Crippen LogP contribution is 2.30. The quantitative estimate of drug-likeness (QED) is 0.353. The summed E-state index contributed by atoms with van der Waals surface area (Å²) in [5, 5.41) is 35.1. The molecular weight excluding hydrogens is 397 g/mol. The zero-order valence-corrected chi connectivity index (χ0v) is 15.6. The minimum absolute atomic E-state index is 0.0194. The van der Waals surface area contributed by atoms with E-state index in [4.69, 9.17) is 17.3 Å². The van der Waals surface area contributed by atoms with Crippen molar-refractivity contribution in [2.45, 2.75) is 49.7 Å². The predicted molar refractivity (Wildman–Crippen MR) is 95.7 cm³/mol. The maximum Gasteiger partial charge on any atom is 0.252 e. The number of hydrogen-bond donors (Lipinski definition) is 6. The Morgan fingerprint density at radius 3 is 2.54 bits per heavy atom. The third kappa shape index (κ3) is 4.76. The summed E-state index contributed by atoms with van der Waals surface area (Å²) < 4.78 is 13.2. The number of rotatable bonds is 5. The van der Waals surface area contributed by atoms with Crippen LogP contribution in [0.3, 0.4) is 0 Å². The van der Waals surface area contributed by atoms with Crippen molar-refractivity contribution in [3.63, 3.8) is 0 Å². The third-order valence-electron chi connectivity index (χ3n) is 4.61. The molecule has 0 spiro atoms. The van der Waals surface area contributed by atoms with E-state index in [0.717, 1.165) is 18.2 Å². The van der Waals surface area contributed by atoms with Crippen molar-refractivity contribution in [3.8, 4) is 0 Å². The van der Waals surface area contributed by atoms with Gasteiger partial charge < -0.3 is 31.7 Å². The molecule has 1 fully saturated rings. The number of nitrogens with two attached hydrogens (primary N) is 1. The van der Waals surface area contributed by atoms with Gasteiger partial charge in [-0.25, -0.2) is 4.39 Å². The lowest BCUT2D eigenvalue weighted by Gasteiger charge is -2.41. The number of primary amides is 1. The number of aliphatic hydroxyl groups is 3. The van der Waals surface area contributed by atoms with Gasteiger partial charge in [-0.1, -0.05) is 11.6 Å². The molecule has 0 heterocycles. The number of amides is 3. The standard InChI is InChI=1S/C17H21ClFN3O6/c1-7(14(20)25)21-16(27)17(28)5-11(13(24)12(23)6-17)22-15(26)8-2-3-10(19)9(18)4-8/h2-4,7,11-13,23-24,28H,5-6H2,1H3,(H2,20,25)(H,21,27)(H,22,26). The van der Waals surface area contributed by atoms with Gasteiger partial charge in [0.2, 0.25) is 5.91 Å². The molecule has 1 aliphatic rings. The Balaban J connectivity index is 2.16. The van der Waals surface area contributed by atoms with Gasteiger partial charge in [0.15, 0.2) is 0 Å². The maximum atomic E-state index is 13.2. The van der Waals surface area contributed by atoms with Crippen LogP contribution in [0.1, 0.15) is 30.1 Å². The first kappa shape index (κ1) is 22.0. The van der Waals surface area contributed by atoms with Crippen LogP contribution in [-0.2, 0) is 9.59 Å². The molecule has 11 heteroatoms. The second kappa shape index (κ2) is 8.39. The van der Waals surface area contributed by atoms with Crippen molar-refractivity contribution in [1.29, 1.82) is 0 Å². The Kier molecular flexibility index (Phi) is 6.60. The normalized spacial score (nSPS) is 28.3. The van der Waals surface area contributed by atoms with Gasteiger partial charge >= 0.3 is 0 Å². The average molecular weight is 418 g/mol. The van der Waals surface area contributed by atoms with Gasteiger partial charge in [-0.3, -0.25) is 14.4 Å². The number of carbonyl (C=O) groups is 3. The molecule has 0 radical (unpaired) electrons. The third-order valence-corrected chi connectivity index (χ3v) is 4.90. The zero-order valence-electron chi connectivity index (χ0n) is 14.9. The highest BCUT2D eigenvalue weighted by molar-refractivity contribution is 6.31. The van der Waals surface area contributed by atoms with Crippen molar-refractivity contribution in [2.75, 3.05) is 0 Å². The zero-order chi connectivity index (χ0) is 21.2. The summed E-state index contributed by atoms with van der Waals surface area (Å²) in [7, 11) is 0. The molecule has 5 unspecified atom stereocenters. The summed E-state index contributed by atoms with van der Waals surface area (Å²) in [6, 6.07) is 0.939. The van der Waals surface area contributed by atoms with E-state index >= 15 is 0 Å². The van der Waals surface area contributed by atoms with E-state index in [9.17, 15) is 34.1 Å². The molecular formula is C17H21ClFN3O6. The first-order valence-electron chi connectivity index (χ1n) is 8.39. The fourth-order valence-electron chi connectivity index (χ4n) is 2.92. The molecule has 1 aromatic carbocycles.